The van der Waals surface area contributed by atoms with E-state index in [1.165, 1.54) is 0 Å². The van der Waals surface area contributed by atoms with Crippen molar-refractivity contribution in [2.24, 2.45) is 11.3 Å². The Balaban J connectivity index is 2.54. The van der Waals surface area contributed by atoms with E-state index >= 15 is 0 Å². The summed E-state index contributed by atoms with van der Waals surface area (Å²) in [5, 5.41) is 3.90. The van der Waals surface area contributed by atoms with E-state index in [4.69, 9.17) is 4.52 Å². The molecule has 0 amide bonds. The van der Waals surface area contributed by atoms with Crippen LogP contribution >= 0.6 is 0 Å². The molecule has 0 aliphatic heterocycles. The van der Waals surface area contributed by atoms with Crippen LogP contribution in [0.4, 0.5) is 0 Å². The zero-order chi connectivity index (χ0) is 13.1. The minimum atomic E-state index is 0.128. The molecule has 4 heteroatoms. The molecule has 0 atom stereocenters. The van der Waals surface area contributed by atoms with Crippen molar-refractivity contribution in [2.45, 2.75) is 53.9 Å². The van der Waals surface area contributed by atoms with Crippen LogP contribution in [0.3, 0.4) is 0 Å². The highest BCUT2D eigenvalue weighted by molar-refractivity contribution is 5.80. The van der Waals surface area contributed by atoms with Gasteiger partial charge in [-0.2, -0.15) is 4.98 Å². The first-order chi connectivity index (χ1) is 7.76. The highest BCUT2D eigenvalue weighted by Gasteiger charge is 2.17. The Morgan fingerprint density at radius 3 is 2.53 bits per heavy atom. The highest BCUT2D eigenvalue weighted by Crippen LogP contribution is 2.18. The normalized spacial score (nSPS) is 12.1. The lowest BCUT2D eigenvalue weighted by Crippen LogP contribution is -2.10. The van der Waals surface area contributed by atoms with Crippen molar-refractivity contribution in [1.82, 2.24) is 10.1 Å². The largest absolute Gasteiger partial charge is 0.339 e. The van der Waals surface area contributed by atoms with Gasteiger partial charge in [0.05, 0.1) is 6.42 Å². The summed E-state index contributed by atoms with van der Waals surface area (Å²) in [4.78, 5) is 15.8. The quantitative estimate of drug-likeness (QED) is 0.791. The Morgan fingerprint density at radius 1 is 1.35 bits per heavy atom. The van der Waals surface area contributed by atoms with E-state index in [2.05, 4.69) is 30.9 Å². The number of hydrogen-bond acceptors (Lipinski definition) is 4. The van der Waals surface area contributed by atoms with E-state index in [0.29, 0.717) is 24.1 Å². The van der Waals surface area contributed by atoms with Crippen molar-refractivity contribution in [3.8, 4) is 0 Å². The van der Waals surface area contributed by atoms with Crippen molar-refractivity contribution in [1.29, 1.82) is 0 Å². The van der Waals surface area contributed by atoms with Crippen LogP contribution in [0.15, 0.2) is 4.52 Å². The monoisotopic (exact) mass is 238 g/mol. The molecule has 0 saturated heterocycles. The first-order valence-electron chi connectivity index (χ1n) is 6.09. The van der Waals surface area contributed by atoms with Crippen molar-refractivity contribution in [2.75, 3.05) is 0 Å². The molecule has 1 rings (SSSR count). The van der Waals surface area contributed by atoms with Gasteiger partial charge in [-0.05, 0) is 11.3 Å². The summed E-state index contributed by atoms with van der Waals surface area (Å²) in [6, 6.07) is 0. The Kier molecular flexibility index (Phi) is 4.43. The molecule has 1 heterocycles. The fraction of sp³-hybridized carbons (Fsp3) is 0.769. The van der Waals surface area contributed by atoms with Gasteiger partial charge in [0, 0.05) is 12.8 Å². The van der Waals surface area contributed by atoms with E-state index in [1.54, 1.807) is 0 Å². The van der Waals surface area contributed by atoms with Crippen LogP contribution < -0.4 is 0 Å². The maximum absolute atomic E-state index is 11.6. The summed E-state index contributed by atoms with van der Waals surface area (Å²) in [5.74, 6) is 1.66. The van der Waals surface area contributed by atoms with Gasteiger partial charge in [-0.1, -0.05) is 39.8 Å². The van der Waals surface area contributed by atoms with Crippen LogP contribution in [-0.2, 0) is 17.6 Å². The standard InChI is InChI=1S/C13H22N2O2/c1-9(2)6-10(16)7-12-14-11(15-17-12)8-13(3,4)5/h9H,6-8H2,1-5H3. The molecule has 96 valence electrons. The molecule has 0 radical (unpaired) electrons. The fourth-order valence-electron chi connectivity index (χ4n) is 1.60. The van der Waals surface area contributed by atoms with Gasteiger partial charge in [0.2, 0.25) is 5.89 Å². The minimum absolute atomic E-state index is 0.128. The second kappa shape index (κ2) is 5.43. The summed E-state index contributed by atoms with van der Waals surface area (Å²) < 4.78 is 5.08. The summed E-state index contributed by atoms with van der Waals surface area (Å²) in [6.07, 6.45) is 1.58. The van der Waals surface area contributed by atoms with Crippen LogP contribution in [0.1, 0.15) is 52.8 Å². The first kappa shape index (κ1) is 13.9. The molecule has 0 fully saturated rings. The third kappa shape index (κ3) is 5.61. The molecular weight excluding hydrogens is 216 g/mol. The second-order valence-electron chi connectivity index (χ2n) is 6.16. The molecule has 0 spiro atoms. The third-order valence-electron chi connectivity index (χ3n) is 2.18. The Morgan fingerprint density at radius 2 is 2.00 bits per heavy atom. The maximum Gasteiger partial charge on any atom is 0.234 e. The van der Waals surface area contributed by atoms with Crippen LogP contribution in [0.5, 0.6) is 0 Å². The van der Waals surface area contributed by atoms with Gasteiger partial charge in [-0.15, -0.1) is 0 Å². The average Bonchev–Trinajstić information content (AvgIpc) is 2.46. The number of ketones is 1. The molecular formula is C13H22N2O2. The lowest BCUT2D eigenvalue weighted by molar-refractivity contribution is -0.119. The van der Waals surface area contributed by atoms with E-state index in [1.807, 2.05) is 13.8 Å². The van der Waals surface area contributed by atoms with Gasteiger partial charge >= 0.3 is 0 Å². The summed E-state index contributed by atoms with van der Waals surface area (Å²) in [5.41, 5.74) is 0.128. The molecule has 4 nitrogen and oxygen atoms in total. The lowest BCUT2D eigenvalue weighted by atomic mass is 9.92. The van der Waals surface area contributed by atoms with Gasteiger partial charge in [0.15, 0.2) is 5.82 Å². The van der Waals surface area contributed by atoms with Gasteiger partial charge in [-0.3, -0.25) is 4.79 Å². The summed E-state index contributed by atoms with van der Waals surface area (Å²) >= 11 is 0. The number of hydrogen-bond donors (Lipinski definition) is 0. The number of carbonyl (C=O) groups is 1. The smallest absolute Gasteiger partial charge is 0.234 e. The number of Topliss-reactive ketones (excluding diaryl/α,β-unsaturated/α-hetero) is 1. The van der Waals surface area contributed by atoms with E-state index in [-0.39, 0.29) is 17.6 Å². The lowest BCUT2D eigenvalue weighted by Gasteiger charge is -2.14. The van der Waals surface area contributed by atoms with E-state index < -0.39 is 0 Å². The minimum Gasteiger partial charge on any atom is -0.339 e. The highest BCUT2D eigenvalue weighted by atomic mass is 16.5. The predicted octanol–water partition coefficient (Wildman–Crippen LogP) is 2.82. The molecule has 0 saturated carbocycles. The Hall–Kier alpha value is -1.19. The van der Waals surface area contributed by atoms with Crippen LogP contribution in [0.25, 0.3) is 0 Å². The van der Waals surface area contributed by atoms with Crippen LogP contribution in [-0.4, -0.2) is 15.9 Å². The summed E-state index contributed by atoms with van der Waals surface area (Å²) in [6.45, 7) is 10.4. The molecule has 0 unspecified atom stereocenters. The summed E-state index contributed by atoms with van der Waals surface area (Å²) in [7, 11) is 0. The SMILES string of the molecule is CC(C)CC(=O)Cc1nc(CC(C)(C)C)no1. The van der Waals surface area contributed by atoms with E-state index in [9.17, 15) is 4.79 Å². The van der Waals surface area contributed by atoms with Gasteiger partial charge in [0.25, 0.3) is 0 Å². The predicted molar refractivity (Wildman–Crippen MR) is 65.6 cm³/mol. The molecule has 1 aromatic rings. The van der Waals surface area contributed by atoms with Crippen LogP contribution in [0, 0.1) is 11.3 Å². The van der Waals surface area contributed by atoms with Crippen LogP contribution in [0.2, 0.25) is 0 Å². The first-order valence-corrected chi connectivity index (χ1v) is 6.09. The molecule has 0 aromatic carbocycles. The number of rotatable bonds is 5. The third-order valence-corrected chi connectivity index (χ3v) is 2.18. The zero-order valence-corrected chi connectivity index (χ0v) is 11.4. The van der Waals surface area contributed by atoms with Gasteiger partial charge in [-0.25, -0.2) is 0 Å². The van der Waals surface area contributed by atoms with Gasteiger partial charge in [0.1, 0.15) is 5.78 Å². The Bertz CT molecular complexity index is 375. The topological polar surface area (TPSA) is 56.0 Å². The fourth-order valence-corrected chi connectivity index (χ4v) is 1.60. The molecule has 0 aliphatic carbocycles. The number of carbonyl (C=O) groups excluding carboxylic acids is 1. The number of aromatic nitrogens is 2. The maximum atomic E-state index is 11.6. The molecule has 0 N–H and O–H groups in total. The number of nitrogens with zero attached hydrogens (tertiary/aromatic N) is 2. The van der Waals surface area contributed by atoms with Crippen molar-refractivity contribution in [3.63, 3.8) is 0 Å². The molecule has 0 aliphatic rings. The van der Waals surface area contributed by atoms with Crippen molar-refractivity contribution >= 4 is 5.78 Å². The zero-order valence-electron chi connectivity index (χ0n) is 11.4. The molecule has 17 heavy (non-hydrogen) atoms. The Labute approximate surface area is 103 Å². The molecule has 1 aromatic heterocycles. The van der Waals surface area contributed by atoms with Crippen molar-refractivity contribution in [3.05, 3.63) is 11.7 Å². The van der Waals surface area contributed by atoms with E-state index in [0.717, 1.165) is 6.42 Å². The molecule has 0 bridgehead atoms. The van der Waals surface area contributed by atoms with Gasteiger partial charge < -0.3 is 4.52 Å². The average molecular weight is 238 g/mol. The van der Waals surface area contributed by atoms with Crippen molar-refractivity contribution < 1.29 is 9.32 Å². The second-order valence-corrected chi connectivity index (χ2v) is 6.16.